The summed E-state index contributed by atoms with van der Waals surface area (Å²) in [6, 6.07) is 0. The third-order valence-corrected chi connectivity index (χ3v) is 0.753. The molecule has 42 valence electrons. The van der Waals surface area contributed by atoms with Crippen molar-refractivity contribution in [1.29, 1.82) is 0 Å². The Bertz CT molecular complexity index is 84.2. The van der Waals surface area contributed by atoms with Crippen LogP contribution in [0.4, 0.5) is 13.2 Å². The zero-order valence-corrected chi connectivity index (χ0v) is 4.80. The van der Waals surface area contributed by atoms with Crippen LogP contribution in [-0.4, -0.2) is 6.67 Å². The van der Waals surface area contributed by atoms with Crippen molar-refractivity contribution < 1.29 is 13.2 Å². The van der Waals surface area contributed by atoms with Crippen LogP contribution in [0.1, 0.15) is 0 Å². The van der Waals surface area contributed by atoms with Gasteiger partial charge in [-0.2, -0.15) is 4.39 Å². The maximum Gasteiger partial charge on any atom is 0.199 e. The number of alkyl halides is 1. The molecule has 0 aliphatic heterocycles. The summed E-state index contributed by atoms with van der Waals surface area (Å²) in [5, 5.41) is 0. The molecule has 0 atom stereocenters. The van der Waals surface area contributed by atoms with E-state index in [1.165, 1.54) is 0 Å². The maximum absolute atomic E-state index is 11.3. The van der Waals surface area contributed by atoms with E-state index >= 15 is 0 Å². The minimum Gasteiger partial charge on any atom is -0.243 e. The SMILES string of the molecule is FCC(F)=C(F)Br. The molecule has 0 aromatic rings. The Hall–Kier alpha value is 0.01000. The smallest absolute Gasteiger partial charge is 0.199 e. The summed E-state index contributed by atoms with van der Waals surface area (Å²) in [4.78, 5) is 0. The van der Waals surface area contributed by atoms with Gasteiger partial charge in [0.2, 0.25) is 0 Å². The normalized spacial score (nSPS) is 13.7. The molecule has 7 heavy (non-hydrogen) atoms. The fourth-order valence-corrected chi connectivity index (χ4v) is 0.156. The van der Waals surface area contributed by atoms with Gasteiger partial charge in [0, 0.05) is 0 Å². The molecule has 0 radical (unpaired) electrons. The second kappa shape index (κ2) is 3.07. The van der Waals surface area contributed by atoms with Crippen molar-refractivity contribution in [3.63, 3.8) is 0 Å². The lowest BCUT2D eigenvalue weighted by atomic mass is 10.7. The number of hydrogen-bond acceptors (Lipinski definition) is 0. The molecule has 0 fully saturated rings. The molecule has 0 rings (SSSR count). The second-order valence-corrected chi connectivity index (χ2v) is 1.50. The van der Waals surface area contributed by atoms with E-state index in [1.54, 1.807) is 0 Å². The van der Waals surface area contributed by atoms with Gasteiger partial charge in [-0.15, -0.1) is 0 Å². The molecule has 0 saturated carbocycles. The Kier molecular flexibility index (Phi) is 3.07. The topological polar surface area (TPSA) is 0 Å². The predicted octanol–water partition coefficient (Wildman–Crippen LogP) is 2.46. The summed E-state index contributed by atoms with van der Waals surface area (Å²) in [6.45, 7) is -1.39. The van der Waals surface area contributed by atoms with Crippen LogP contribution in [-0.2, 0) is 0 Å². The minimum absolute atomic E-state index is 1.27. The zero-order chi connectivity index (χ0) is 5.86. The van der Waals surface area contributed by atoms with Crippen molar-refractivity contribution in [2.75, 3.05) is 6.67 Å². The molecule has 0 aliphatic rings. The van der Waals surface area contributed by atoms with E-state index in [4.69, 9.17) is 0 Å². The van der Waals surface area contributed by atoms with Crippen molar-refractivity contribution in [1.82, 2.24) is 0 Å². The third kappa shape index (κ3) is 2.68. The number of halogens is 4. The molecule has 0 nitrogen and oxygen atoms in total. The fourth-order valence-electron chi connectivity index (χ4n) is 0.0505. The van der Waals surface area contributed by atoms with Crippen molar-refractivity contribution >= 4 is 15.9 Å². The van der Waals surface area contributed by atoms with E-state index in [0.717, 1.165) is 0 Å². The quantitative estimate of drug-likeness (QED) is 0.574. The average Bonchev–Trinajstić information content (AvgIpc) is 1.65. The molecule has 0 amide bonds. The van der Waals surface area contributed by atoms with Crippen LogP contribution in [0.2, 0.25) is 0 Å². The van der Waals surface area contributed by atoms with Gasteiger partial charge in [0.25, 0.3) is 0 Å². The van der Waals surface area contributed by atoms with Crippen LogP contribution in [0.15, 0.2) is 10.6 Å². The van der Waals surface area contributed by atoms with Gasteiger partial charge in [-0.1, -0.05) is 0 Å². The van der Waals surface area contributed by atoms with Crippen molar-refractivity contribution in [2.45, 2.75) is 0 Å². The maximum atomic E-state index is 11.3. The fraction of sp³-hybridized carbons (Fsp3) is 0.333. The summed E-state index contributed by atoms with van der Waals surface area (Å²) in [5.41, 5.74) is 0. The first-order chi connectivity index (χ1) is 3.18. The molecule has 0 saturated heterocycles. The van der Waals surface area contributed by atoms with Gasteiger partial charge in [0.05, 0.1) is 0 Å². The van der Waals surface area contributed by atoms with E-state index < -0.39 is 17.2 Å². The molecule has 0 aromatic carbocycles. The lowest BCUT2D eigenvalue weighted by Crippen LogP contribution is -1.73. The van der Waals surface area contributed by atoms with Gasteiger partial charge in [0.15, 0.2) is 10.6 Å². The number of hydrogen-bond donors (Lipinski definition) is 0. The van der Waals surface area contributed by atoms with E-state index in [0.29, 0.717) is 0 Å². The lowest BCUT2D eigenvalue weighted by Gasteiger charge is -1.81. The van der Waals surface area contributed by atoms with Crippen LogP contribution in [0.25, 0.3) is 0 Å². The zero-order valence-electron chi connectivity index (χ0n) is 3.22. The summed E-state index contributed by atoms with van der Waals surface area (Å²) < 4.78 is 32.3. The van der Waals surface area contributed by atoms with Gasteiger partial charge in [-0.05, 0) is 15.9 Å². The highest BCUT2D eigenvalue weighted by atomic mass is 79.9. The Morgan fingerprint density at radius 1 is 1.43 bits per heavy atom. The lowest BCUT2D eigenvalue weighted by molar-refractivity contribution is 0.441. The van der Waals surface area contributed by atoms with Crippen molar-refractivity contribution in [3.05, 3.63) is 10.6 Å². The molecular formula is C3H2BrF3. The first-order valence-electron chi connectivity index (χ1n) is 1.44. The van der Waals surface area contributed by atoms with Crippen LogP contribution in [0, 0.1) is 0 Å². The largest absolute Gasteiger partial charge is 0.243 e. The summed E-state index contributed by atoms with van der Waals surface area (Å²) in [7, 11) is 0. The summed E-state index contributed by atoms with van der Waals surface area (Å²) in [6.07, 6.45) is 0. The van der Waals surface area contributed by atoms with Crippen molar-refractivity contribution in [2.24, 2.45) is 0 Å². The molecule has 0 unspecified atom stereocenters. The molecule has 0 bridgehead atoms. The Morgan fingerprint density at radius 2 is 1.86 bits per heavy atom. The third-order valence-electron chi connectivity index (χ3n) is 0.322. The number of allylic oxidation sites excluding steroid dienone is 1. The molecular weight excluding hydrogens is 173 g/mol. The molecule has 0 heterocycles. The van der Waals surface area contributed by atoms with E-state index in [1.807, 2.05) is 0 Å². The van der Waals surface area contributed by atoms with E-state index in [2.05, 4.69) is 15.9 Å². The molecule has 0 aliphatic carbocycles. The Balaban J connectivity index is 3.72. The van der Waals surface area contributed by atoms with E-state index in [9.17, 15) is 13.2 Å². The first-order valence-corrected chi connectivity index (χ1v) is 2.23. The van der Waals surface area contributed by atoms with E-state index in [-0.39, 0.29) is 0 Å². The van der Waals surface area contributed by atoms with Gasteiger partial charge in [0.1, 0.15) is 6.67 Å². The Morgan fingerprint density at radius 3 is 1.86 bits per heavy atom. The minimum atomic E-state index is -1.40. The van der Waals surface area contributed by atoms with Gasteiger partial charge < -0.3 is 0 Å². The van der Waals surface area contributed by atoms with Gasteiger partial charge in [-0.3, -0.25) is 0 Å². The highest BCUT2D eigenvalue weighted by molar-refractivity contribution is 9.11. The summed E-state index contributed by atoms with van der Waals surface area (Å²) >= 11 is 2.10. The molecule has 0 spiro atoms. The molecule has 4 heteroatoms. The van der Waals surface area contributed by atoms with Gasteiger partial charge in [-0.25, -0.2) is 8.78 Å². The number of rotatable bonds is 1. The molecule has 0 N–H and O–H groups in total. The van der Waals surface area contributed by atoms with Crippen LogP contribution >= 0.6 is 15.9 Å². The average molecular weight is 175 g/mol. The summed E-state index contributed by atoms with van der Waals surface area (Å²) in [5.74, 6) is -1.40. The van der Waals surface area contributed by atoms with Crippen molar-refractivity contribution in [3.8, 4) is 0 Å². The predicted molar refractivity (Wildman–Crippen MR) is 24.1 cm³/mol. The highest BCUT2D eigenvalue weighted by Crippen LogP contribution is 2.13. The molecule has 0 aromatic heterocycles. The second-order valence-electron chi connectivity index (χ2n) is 0.799. The Labute approximate surface area is 47.1 Å². The standard InChI is InChI=1S/C3H2BrF3/c4-3(7)2(6)1-5/h1H2. The van der Waals surface area contributed by atoms with Crippen LogP contribution < -0.4 is 0 Å². The van der Waals surface area contributed by atoms with Gasteiger partial charge >= 0.3 is 0 Å². The highest BCUT2D eigenvalue weighted by Gasteiger charge is 1.98. The van der Waals surface area contributed by atoms with Crippen LogP contribution in [0.5, 0.6) is 0 Å². The van der Waals surface area contributed by atoms with Crippen LogP contribution in [0.3, 0.4) is 0 Å². The monoisotopic (exact) mass is 174 g/mol. The first kappa shape index (κ1) is 7.01.